The van der Waals surface area contributed by atoms with Gasteiger partial charge in [0, 0.05) is 16.1 Å². The van der Waals surface area contributed by atoms with Gasteiger partial charge in [-0.1, -0.05) is 39.0 Å². The zero-order valence-corrected chi connectivity index (χ0v) is 17.1. The number of β-lactam (4-membered cyclic amide) rings is 1. The number of sulfone groups is 1. The normalized spacial score (nSPS) is 24.9. The molecule has 0 bridgehead atoms. The van der Waals surface area contributed by atoms with Crippen molar-refractivity contribution in [1.82, 2.24) is 4.90 Å². The van der Waals surface area contributed by atoms with E-state index in [1.54, 1.807) is 20.8 Å². The van der Waals surface area contributed by atoms with Crippen LogP contribution in [0, 0.1) is 5.41 Å². The molecule has 26 heavy (non-hydrogen) atoms. The largest absolute Gasteiger partial charge is 0.292 e. The summed E-state index contributed by atoms with van der Waals surface area (Å²) < 4.78 is 25.2. The van der Waals surface area contributed by atoms with Crippen LogP contribution in [0.5, 0.6) is 0 Å². The Hall–Kier alpha value is -1.31. The van der Waals surface area contributed by atoms with Crippen molar-refractivity contribution in [3.63, 3.8) is 0 Å². The van der Waals surface area contributed by atoms with Gasteiger partial charge < -0.3 is 0 Å². The van der Waals surface area contributed by atoms with Crippen LogP contribution in [-0.2, 0) is 19.4 Å². The van der Waals surface area contributed by atoms with Crippen molar-refractivity contribution in [3.05, 3.63) is 41.6 Å². The Labute approximate surface area is 162 Å². The van der Waals surface area contributed by atoms with E-state index in [1.165, 1.54) is 11.8 Å². The molecule has 3 rings (SSSR count). The summed E-state index contributed by atoms with van der Waals surface area (Å²) in [5, 5.41) is -2.26. The standard InChI is InChI=1S/C18H20ClNO4S2/c1-18(2,3)15(21)14-11(9-25-12-7-5-4-6-8-12)10-26(23,24)17-13(19)16(22)20(14)17/h4-8,13,17H,9-10H2,1-3H3/t13-,17-/m0/s1. The number of carbonyl (C=O) groups excluding carboxylic acids is 2. The van der Waals surface area contributed by atoms with Gasteiger partial charge in [-0.3, -0.25) is 14.5 Å². The molecule has 1 aromatic carbocycles. The summed E-state index contributed by atoms with van der Waals surface area (Å²) in [6.07, 6.45) is 0. The minimum absolute atomic E-state index is 0.211. The molecule has 2 aliphatic rings. The maximum Gasteiger partial charge on any atom is 0.249 e. The van der Waals surface area contributed by atoms with Gasteiger partial charge in [0.25, 0.3) is 0 Å². The number of benzene rings is 1. The Morgan fingerprint density at radius 2 is 1.88 bits per heavy atom. The smallest absolute Gasteiger partial charge is 0.249 e. The molecule has 2 heterocycles. The SMILES string of the molecule is CC(C)(C)C(=O)C1=C(CSc2ccccc2)CS(=O)(=O)[C@H]2[C@@H](Cl)C(=O)N12. The first-order valence-electron chi connectivity index (χ1n) is 8.17. The number of Topliss-reactive ketones (excluding diaryl/α,β-unsaturated/α-hetero) is 1. The van der Waals surface area contributed by atoms with Gasteiger partial charge in [0.1, 0.15) is 5.38 Å². The molecule has 0 saturated carbocycles. The van der Waals surface area contributed by atoms with Crippen molar-refractivity contribution in [2.75, 3.05) is 11.5 Å². The van der Waals surface area contributed by atoms with E-state index in [0.29, 0.717) is 11.3 Å². The molecule has 0 aliphatic carbocycles. The molecule has 140 valence electrons. The number of rotatable bonds is 4. The van der Waals surface area contributed by atoms with Crippen molar-refractivity contribution in [2.45, 2.75) is 36.4 Å². The van der Waals surface area contributed by atoms with Crippen LogP contribution in [0.3, 0.4) is 0 Å². The van der Waals surface area contributed by atoms with Gasteiger partial charge >= 0.3 is 0 Å². The topological polar surface area (TPSA) is 71.5 Å². The van der Waals surface area contributed by atoms with Crippen molar-refractivity contribution in [1.29, 1.82) is 0 Å². The van der Waals surface area contributed by atoms with Gasteiger partial charge in [-0.15, -0.1) is 23.4 Å². The van der Waals surface area contributed by atoms with Crippen LogP contribution < -0.4 is 0 Å². The lowest BCUT2D eigenvalue weighted by atomic mass is 9.86. The van der Waals surface area contributed by atoms with E-state index in [2.05, 4.69) is 0 Å². The van der Waals surface area contributed by atoms with Crippen LogP contribution in [0.1, 0.15) is 20.8 Å². The molecule has 0 aromatic heterocycles. The lowest BCUT2D eigenvalue weighted by molar-refractivity contribution is -0.142. The lowest BCUT2D eigenvalue weighted by Crippen LogP contribution is -2.68. The van der Waals surface area contributed by atoms with E-state index in [9.17, 15) is 18.0 Å². The van der Waals surface area contributed by atoms with Crippen LogP contribution in [0.2, 0.25) is 0 Å². The molecule has 0 spiro atoms. The lowest BCUT2D eigenvalue weighted by Gasteiger charge is -2.48. The van der Waals surface area contributed by atoms with E-state index < -0.39 is 31.9 Å². The Morgan fingerprint density at radius 1 is 1.27 bits per heavy atom. The van der Waals surface area contributed by atoms with Gasteiger partial charge in [0.15, 0.2) is 21.0 Å². The van der Waals surface area contributed by atoms with E-state index in [-0.39, 0.29) is 17.2 Å². The van der Waals surface area contributed by atoms with E-state index in [4.69, 9.17) is 11.6 Å². The average molecular weight is 414 g/mol. The molecule has 1 fully saturated rings. The second kappa shape index (κ2) is 6.69. The fourth-order valence-electron chi connectivity index (χ4n) is 3.00. The Kier molecular flexibility index (Phi) is 5.01. The Bertz CT molecular complexity index is 888. The summed E-state index contributed by atoms with van der Waals surface area (Å²) >= 11 is 7.40. The molecule has 0 unspecified atom stereocenters. The summed E-state index contributed by atoms with van der Waals surface area (Å²) in [6.45, 7) is 5.26. The third-order valence-corrected chi connectivity index (χ3v) is 7.99. The average Bonchev–Trinajstić information content (AvgIpc) is 2.57. The second-order valence-electron chi connectivity index (χ2n) is 7.44. The number of hydrogen-bond donors (Lipinski definition) is 0. The first-order chi connectivity index (χ1) is 12.0. The summed E-state index contributed by atoms with van der Waals surface area (Å²) in [5.74, 6) is -0.682. The maximum absolute atomic E-state index is 13.0. The minimum Gasteiger partial charge on any atom is -0.292 e. The molecule has 0 N–H and O–H groups in total. The number of ketones is 1. The molecule has 8 heteroatoms. The van der Waals surface area contributed by atoms with Crippen LogP contribution in [-0.4, -0.2) is 47.3 Å². The Balaban J connectivity index is 2.03. The third kappa shape index (κ3) is 3.32. The summed E-state index contributed by atoms with van der Waals surface area (Å²) in [7, 11) is -3.62. The highest BCUT2D eigenvalue weighted by atomic mass is 35.5. The number of thioether (sulfide) groups is 1. The molecule has 2 atom stereocenters. The predicted octanol–water partition coefficient (Wildman–Crippen LogP) is 2.85. The van der Waals surface area contributed by atoms with Gasteiger partial charge in [-0.05, 0) is 17.7 Å². The van der Waals surface area contributed by atoms with Crippen molar-refractivity contribution < 1.29 is 18.0 Å². The molecule has 2 aliphatic heterocycles. The second-order valence-corrected chi connectivity index (χ2v) is 11.1. The first-order valence-corrected chi connectivity index (χ1v) is 11.3. The molecular formula is C18H20ClNO4S2. The highest BCUT2D eigenvalue weighted by Gasteiger charge is 2.59. The molecule has 0 radical (unpaired) electrons. The molecule has 5 nitrogen and oxygen atoms in total. The van der Waals surface area contributed by atoms with Crippen LogP contribution in [0.15, 0.2) is 46.5 Å². The summed E-state index contributed by atoms with van der Waals surface area (Å²) in [5.41, 5.74) is -0.0592. The fraction of sp³-hybridized carbons (Fsp3) is 0.444. The maximum atomic E-state index is 13.0. The van der Waals surface area contributed by atoms with E-state index >= 15 is 0 Å². The van der Waals surface area contributed by atoms with Gasteiger partial charge in [0.05, 0.1) is 11.4 Å². The van der Waals surface area contributed by atoms with Gasteiger partial charge in [-0.2, -0.15) is 0 Å². The van der Waals surface area contributed by atoms with Crippen molar-refractivity contribution in [2.24, 2.45) is 5.41 Å². The number of fused-ring (bicyclic) bond motifs is 1. The molecule has 1 saturated heterocycles. The van der Waals surface area contributed by atoms with Crippen LogP contribution >= 0.6 is 23.4 Å². The third-order valence-electron chi connectivity index (χ3n) is 4.35. The van der Waals surface area contributed by atoms with E-state index in [1.807, 2.05) is 30.3 Å². The van der Waals surface area contributed by atoms with Crippen LogP contribution in [0.4, 0.5) is 0 Å². The van der Waals surface area contributed by atoms with Gasteiger partial charge in [-0.25, -0.2) is 8.42 Å². The Morgan fingerprint density at radius 3 is 2.46 bits per heavy atom. The number of alkyl halides is 1. The molecule has 1 amide bonds. The molecule has 1 aromatic rings. The predicted molar refractivity (Wildman–Crippen MR) is 103 cm³/mol. The number of amides is 1. The fourth-order valence-corrected chi connectivity index (χ4v) is 6.65. The minimum atomic E-state index is -3.62. The first kappa shape index (κ1) is 19.5. The van der Waals surface area contributed by atoms with E-state index in [0.717, 1.165) is 9.80 Å². The van der Waals surface area contributed by atoms with Crippen molar-refractivity contribution >= 4 is 44.9 Å². The zero-order chi connectivity index (χ0) is 19.3. The van der Waals surface area contributed by atoms with Crippen LogP contribution in [0.25, 0.3) is 0 Å². The highest BCUT2D eigenvalue weighted by Crippen LogP contribution is 2.42. The monoisotopic (exact) mass is 413 g/mol. The number of hydrogen-bond acceptors (Lipinski definition) is 5. The van der Waals surface area contributed by atoms with Gasteiger partial charge in [0.2, 0.25) is 5.91 Å². The number of halogens is 1. The number of carbonyl (C=O) groups is 2. The summed E-state index contributed by atoms with van der Waals surface area (Å²) in [6, 6.07) is 9.51. The summed E-state index contributed by atoms with van der Waals surface area (Å²) in [4.78, 5) is 27.3. The number of allylic oxidation sites excluding steroid dienone is 1. The highest BCUT2D eigenvalue weighted by molar-refractivity contribution is 7.99. The number of nitrogens with zero attached hydrogens (tertiary/aromatic N) is 1. The van der Waals surface area contributed by atoms with Crippen molar-refractivity contribution in [3.8, 4) is 0 Å². The zero-order valence-electron chi connectivity index (χ0n) is 14.7. The molecular weight excluding hydrogens is 394 g/mol. The quantitative estimate of drug-likeness (QED) is 0.431.